The number of rotatable bonds is 6. The monoisotopic (exact) mass is 361 g/mol. The number of hydrogen-bond acceptors (Lipinski definition) is 3. The van der Waals surface area contributed by atoms with Crippen molar-refractivity contribution in [3.8, 4) is 0 Å². The van der Waals surface area contributed by atoms with Crippen LogP contribution in [0.25, 0.3) is 0 Å². The molecule has 1 unspecified atom stereocenters. The molecule has 0 radical (unpaired) electrons. The van der Waals surface area contributed by atoms with E-state index in [4.69, 9.17) is 5.11 Å². The molecule has 2 rings (SSSR count). The molecule has 1 saturated heterocycles. The minimum atomic E-state index is -0.793. The van der Waals surface area contributed by atoms with Gasteiger partial charge in [0.1, 0.15) is 0 Å². The molecule has 0 spiro atoms. The van der Waals surface area contributed by atoms with Crippen LogP contribution in [0.2, 0.25) is 0 Å². The summed E-state index contributed by atoms with van der Waals surface area (Å²) in [6.45, 7) is 5.05. The van der Waals surface area contributed by atoms with Gasteiger partial charge in [0.15, 0.2) is 0 Å². The van der Waals surface area contributed by atoms with Gasteiger partial charge in [0.05, 0.1) is 0 Å². The van der Waals surface area contributed by atoms with Crippen LogP contribution in [0.5, 0.6) is 0 Å². The zero-order chi connectivity index (χ0) is 19.1. The Kier molecular flexibility index (Phi) is 7.00. The standard InChI is InChI=1S/C19H27N3O4/c1-13(2)20-19(26)21-16-8-6-15(7-9-16)18(25)22-11-3-4-14(12-22)5-10-17(23)24/h6-9,13-14H,3-5,10-12H2,1-2H3,(H,23,24)(H2,20,21,26). The largest absolute Gasteiger partial charge is 0.481 e. The molecule has 0 bridgehead atoms. The molecule has 1 aliphatic heterocycles. The molecule has 1 aromatic rings. The van der Waals surface area contributed by atoms with E-state index in [0.717, 1.165) is 12.8 Å². The van der Waals surface area contributed by atoms with Gasteiger partial charge in [0.25, 0.3) is 5.91 Å². The Hall–Kier alpha value is -2.57. The molecule has 0 aliphatic carbocycles. The van der Waals surface area contributed by atoms with E-state index in [1.165, 1.54) is 0 Å². The van der Waals surface area contributed by atoms with E-state index in [0.29, 0.717) is 30.8 Å². The third kappa shape index (κ3) is 6.06. The van der Waals surface area contributed by atoms with Gasteiger partial charge >= 0.3 is 12.0 Å². The van der Waals surface area contributed by atoms with Crippen molar-refractivity contribution in [3.63, 3.8) is 0 Å². The van der Waals surface area contributed by atoms with Gasteiger partial charge in [-0.1, -0.05) is 0 Å². The molecule has 7 heteroatoms. The van der Waals surface area contributed by atoms with Gasteiger partial charge < -0.3 is 20.6 Å². The van der Waals surface area contributed by atoms with Gasteiger partial charge in [-0.2, -0.15) is 0 Å². The number of hydrogen-bond donors (Lipinski definition) is 3. The van der Waals surface area contributed by atoms with Crippen LogP contribution in [0.1, 0.15) is 49.9 Å². The molecule has 7 nitrogen and oxygen atoms in total. The lowest BCUT2D eigenvalue weighted by Crippen LogP contribution is -2.40. The highest BCUT2D eigenvalue weighted by molar-refractivity contribution is 5.95. The van der Waals surface area contributed by atoms with E-state index >= 15 is 0 Å². The fraction of sp³-hybridized carbons (Fsp3) is 0.526. The van der Waals surface area contributed by atoms with Crippen molar-refractivity contribution in [2.75, 3.05) is 18.4 Å². The Labute approximate surface area is 153 Å². The van der Waals surface area contributed by atoms with Crippen molar-refractivity contribution < 1.29 is 19.5 Å². The highest BCUT2D eigenvalue weighted by Gasteiger charge is 2.24. The second-order valence-electron chi connectivity index (χ2n) is 7.02. The normalized spacial score (nSPS) is 17.0. The second kappa shape index (κ2) is 9.22. The van der Waals surface area contributed by atoms with E-state index in [1.807, 2.05) is 13.8 Å². The summed E-state index contributed by atoms with van der Waals surface area (Å²) in [5, 5.41) is 14.3. The summed E-state index contributed by atoms with van der Waals surface area (Å²) in [7, 11) is 0. The second-order valence-corrected chi connectivity index (χ2v) is 7.02. The zero-order valence-corrected chi connectivity index (χ0v) is 15.3. The summed E-state index contributed by atoms with van der Waals surface area (Å²) in [5.41, 5.74) is 1.19. The van der Waals surface area contributed by atoms with Crippen molar-refractivity contribution in [1.82, 2.24) is 10.2 Å². The highest BCUT2D eigenvalue weighted by Crippen LogP contribution is 2.23. The van der Waals surface area contributed by atoms with Gasteiger partial charge in [0.2, 0.25) is 0 Å². The number of carboxylic acids is 1. The number of nitrogens with one attached hydrogen (secondary N) is 2. The molecule has 1 fully saturated rings. The number of carbonyl (C=O) groups excluding carboxylic acids is 2. The van der Waals surface area contributed by atoms with Crippen LogP contribution in [-0.4, -0.2) is 47.0 Å². The van der Waals surface area contributed by atoms with Crippen molar-refractivity contribution >= 4 is 23.6 Å². The minimum Gasteiger partial charge on any atom is -0.481 e. The molecule has 0 saturated carbocycles. The smallest absolute Gasteiger partial charge is 0.319 e. The summed E-state index contributed by atoms with van der Waals surface area (Å²) in [6, 6.07) is 6.58. The van der Waals surface area contributed by atoms with Crippen LogP contribution in [-0.2, 0) is 4.79 Å². The average molecular weight is 361 g/mol. The molecular weight excluding hydrogens is 334 g/mol. The summed E-state index contributed by atoms with van der Waals surface area (Å²) in [6.07, 6.45) is 2.61. The molecular formula is C19H27N3O4. The number of benzene rings is 1. The van der Waals surface area contributed by atoms with Crippen LogP contribution in [0.15, 0.2) is 24.3 Å². The van der Waals surface area contributed by atoms with Gasteiger partial charge in [-0.25, -0.2) is 4.79 Å². The van der Waals surface area contributed by atoms with Crippen LogP contribution in [0, 0.1) is 5.92 Å². The molecule has 1 heterocycles. The number of carboxylic acid groups (broad SMARTS) is 1. The van der Waals surface area contributed by atoms with Crippen LogP contribution in [0.3, 0.4) is 0 Å². The van der Waals surface area contributed by atoms with Crippen LogP contribution < -0.4 is 10.6 Å². The lowest BCUT2D eigenvalue weighted by molar-refractivity contribution is -0.137. The fourth-order valence-corrected chi connectivity index (χ4v) is 3.12. The Morgan fingerprint density at radius 1 is 1.23 bits per heavy atom. The van der Waals surface area contributed by atoms with Crippen molar-refractivity contribution in [2.24, 2.45) is 5.92 Å². The van der Waals surface area contributed by atoms with Crippen molar-refractivity contribution in [3.05, 3.63) is 29.8 Å². The molecule has 26 heavy (non-hydrogen) atoms. The Morgan fingerprint density at radius 3 is 2.54 bits per heavy atom. The molecule has 0 aromatic heterocycles. The number of amides is 3. The Morgan fingerprint density at radius 2 is 1.92 bits per heavy atom. The fourth-order valence-electron chi connectivity index (χ4n) is 3.12. The number of urea groups is 1. The predicted octanol–water partition coefficient (Wildman–Crippen LogP) is 2.93. The van der Waals surface area contributed by atoms with Crippen molar-refractivity contribution in [2.45, 2.75) is 45.6 Å². The third-order valence-corrected chi connectivity index (χ3v) is 4.38. The van der Waals surface area contributed by atoms with E-state index in [-0.39, 0.29) is 30.3 Å². The maximum atomic E-state index is 12.7. The molecule has 1 aromatic carbocycles. The lowest BCUT2D eigenvalue weighted by Gasteiger charge is -2.32. The Bertz CT molecular complexity index is 643. The quantitative estimate of drug-likeness (QED) is 0.725. The third-order valence-electron chi connectivity index (χ3n) is 4.38. The first-order valence-corrected chi connectivity index (χ1v) is 9.04. The van der Waals surface area contributed by atoms with Crippen LogP contribution >= 0.6 is 0 Å². The topological polar surface area (TPSA) is 98.7 Å². The average Bonchev–Trinajstić information content (AvgIpc) is 2.59. The van der Waals surface area contributed by atoms with Gasteiger partial charge in [-0.05, 0) is 63.3 Å². The lowest BCUT2D eigenvalue weighted by atomic mass is 9.93. The van der Waals surface area contributed by atoms with E-state index in [1.54, 1.807) is 29.2 Å². The highest BCUT2D eigenvalue weighted by atomic mass is 16.4. The van der Waals surface area contributed by atoms with E-state index in [9.17, 15) is 14.4 Å². The number of likely N-dealkylation sites (tertiary alicyclic amines) is 1. The SMILES string of the molecule is CC(C)NC(=O)Nc1ccc(C(=O)N2CCCC(CCC(=O)O)C2)cc1. The van der Waals surface area contributed by atoms with Gasteiger partial charge in [-0.15, -0.1) is 0 Å². The maximum Gasteiger partial charge on any atom is 0.319 e. The number of anilines is 1. The van der Waals surface area contributed by atoms with Crippen LogP contribution in [0.4, 0.5) is 10.5 Å². The summed E-state index contributed by atoms with van der Waals surface area (Å²) in [5.74, 6) is -0.606. The maximum absolute atomic E-state index is 12.7. The molecule has 142 valence electrons. The molecule has 1 atom stereocenters. The first-order valence-electron chi connectivity index (χ1n) is 9.04. The first kappa shape index (κ1) is 19.8. The Balaban J connectivity index is 1.92. The zero-order valence-electron chi connectivity index (χ0n) is 15.3. The van der Waals surface area contributed by atoms with Gasteiger partial charge in [0, 0.05) is 36.8 Å². The van der Waals surface area contributed by atoms with Crippen molar-refractivity contribution in [1.29, 1.82) is 0 Å². The first-order chi connectivity index (χ1) is 12.3. The molecule has 3 N–H and O–H groups in total. The molecule has 1 aliphatic rings. The summed E-state index contributed by atoms with van der Waals surface area (Å²) >= 11 is 0. The number of carbonyl (C=O) groups is 3. The summed E-state index contributed by atoms with van der Waals surface area (Å²) in [4.78, 5) is 36.9. The summed E-state index contributed by atoms with van der Waals surface area (Å²) < 4.78 is 0. The number of piperidine rings is 1. The molecule has 3 amide bonds. The number of aliphatic carboxylic acids is 1. The van der Waals surface area contributed by atoms with Gasteiger partial charge in [-0.3, -0.25) is 9.59 Å². The minimum absolute atomic E-state index is 0.0454. The number of nitrogens with zero attached hydrogens (tertiary/aromatic N) is 1. The van der Waals surface area contributed by atoms with E-state index < -0.39 is 5.97 Å². The van der Waals surface area contributed by atoms with E-state index in [2.05, 4.69) is 10.6 Å². The predicted molar refractivity (Wildman–Crippen MR) is 99.2 cm³/mol.